The number of ether oxygens (including phenoxy) is 1. The van der Waals surface area contributed by atoms with E-state index in [1.807, 2.05) is 6.92 Å². The van der Waals surface area contributed by atoms with Crippen molar-refractivity contribution in [2.45, 2.75) is 45.2 Å². The lowest BCUT2D eigenvalue weighted by molar-refractivity contribution is -0.148. The maximum absolute atomic E-state index is 12.5. The normalized spacial score (nSPS) is 13.0. The Bertz CT molecular complexity index is 825. The first-order chi connectivity index (χ1) is 11.7. The highest BCUT2D eigenvalue weighted by Gasteiger charge is 2.29. The first-order valence-electron chi connectivity index (χ1n) is 7.87. The van der Waals surface area contributed by atoms with Gasteiger partial charge in [0.2, 0.25) is 10.0 Å². The molecule has 0 spiro atoms. The number of carbonyl (C=O) groups excluding carboxylic acids is 1. The molecule has 0 unspecified atom stereocenters. The molecule has 2 aromatic rings. The molecule has 0 bridgehead atoms. The van der Waals surface area contributed by atoms with Crippen LogP contribution in [0.2, 0.25) is 0 Å². The molecule has 8 heteroatoms. The number of carbonyl (C=O) groups is 1. The van der Waals surface area contributed by atoms with Gasteiger partial charge in [0.15, 0.2) is 12.4 Å². The molecule has 25 heavy (non-hydrogen) atoms. The summed E-state index contributed by atoms with van der Waals surface area (Å²) in [6, 6.07) is 7.03. The molecule has 0 radical (unpaired) electrons. The molecule has 0 amide bonds. The summed E-state index contributed by atoms with van der Waals surface area (Å²) < 4.78 is 37.5. The Hall–Kier alpha value is -2.19. The molecule has 136 valence electrons. The van der Waals surface area contributed by atoms with Crippen LogP contribution in [0.15, 0.2) is 39.8 Å². The predicted octanol–water partition coefficient (Wildman–Crippen LogP) is 2.34. The molecule has 2 rings (SSSR count). The molecule has 0 saturated carbocycles. The zero-order valence-corrected chi connectivity index (χ0v) is 15.5. The molecular weight excluding hydrogens is 344 g/mol. The largest absolute Gasteiger partial charge is 0.456 e. The van der Waals surface area contributed by atoms with Gasteiger partial charge in [0.05, 0.1) is 10.6 Å². The quantitative estimate of drug-likeness (QED) is 0.755. The van der Waals surface area contributed by atoms with Crippen molar-refractivity contribution in [1.82, 2.24) is 9.88 Å². The summed E-state index contributed by atoms with van der Waals surface area (Å²) in [4.78, 5) is 12.4. The Morgan fingerprint density at radius 3 is 2.40 bits per heavy atom. The Morgan fingerprint density at radius 2 is 1.88 bits per heavy atom. The molecule has 0 aliphatic heterocycles. The smallest absolute Gasteiger partial charge is 0.324 e. The Labute approximate surface area is 147 Å². The second-order valence-corrected chi connectivity index (χ2v) is 7.91. The molecule has 1 heterocycles. The average Bonchev–Trinajstić information content (AvgIpc) is 2.96. The summed E-state index contributed by atoms with van der Waals surface area (Å²) in [6.07, 6.45) is 0. The number of hydrogen-bond donors (Lipinski definition) is 1. The van der Waals surface area contributed by atoms with Gasteiger partial charge >= 0.3 is 5.97 Å². The van der Waals surface area contributed by atoms with Crippen LogP contribution in [0.1, 0.15) is 30.9 Å². The molecule has 7 nitrogen and oxygen atoms in total. The van der Waals surface area contributed by atoms with Crippen molar-refractivity contribution < 1.29 is 22.5 Å². The Kier molecular flexibility index (Phi) is 5.97. The summed E-state index contributed by atoms with van der Waals surface area (Å²) in [5.74, 6) is -0.557. The topological polar surface area (TPSA) is 98.5 Å². The van der Waals surface area contributed by atoms with Crippen molar-refractivity contribution in [3.05, 3.63) is 47.3 Å². The van der Waals surface area contributed by atoms with Crippen molar-refractivity contribution in [2.75, 3.05) is 0 Å². The lowest BCUT2D eigenvalue weighted by Crippen LogP contribution is -2.45. The van der Waals surface area contributed by atoms with Crippen LogP contribution < -0.4 is 4.72 Å². The molecule has 1 atom stereocenters. The maximum Gasteiger partial charge on any atom is 0.324 e. The van der Waals surface area contributed by atoms with E-state index in [1.54, 1.807) is 39.0 Å². The lowest BCUT2D eigenvalue weighted by atomic mass is 10.1. The summed E-state index contributed by atoms with van der Waals surface area (Å²) in [5, 5.41) is 3.70. The van der Waals surface area contributed by atoms with E-state index in [0.717, 1.165) is 5.56 Å². The number of sulfonamides is 1. The molecule has 1 aromatic heterocycles. The van der Waals surface area contributed by atoms with Gasteiger partial charge in [0.1, 0.15) is 6.04 Å². The molecule has 0 aliphatic rings. The number of rotatable bonds is 7. The van der Waals surface area contributed by atoms with Gasteiger partial charge in [-0.25, -0.2) is 8.42 Å². The first kappa shape index (κ1) is 19.1. The summed E-state index contributed by atoms with van der Waals surface area (Å²) in [6.45, 7) is 6.99. The van der Waals surface area contributed by atoms with Crippen LogP contribution in [0, 0.1) is 19.8 Å². The van der Waals surface area contributed by atoms with Gasteiger partial charge in [0, 0.05) is 6.07 Å². The molecule has 1 N–H and O–H groups in total. The SMILES string of the molecule is Cc1ccc(S(=O)(=O)N[C@H](C(=O)OCc2cc(C)no2)C(C)C)cc1. The van der Waals surface area contributed by atoms with Gasteiger partial charge < -0.3 is 9.26 Å². The average molecular weight is 366 g/mol. The minimum absolute atomic E-state index is 0.0995. The monoisotopic (exact) mass is 366 g/mol. The Balaban J connectivity index is 2.08. The van der Waals surface area contributed by atoms with E-state index in [0.29, 0.717) is 11.5 Å². The van der Waals surface area contributed by atoms with E-state index < -0.39 is 22.0 Å². The number of hydrogen-bond acceptors (Lipinski definition) is 6. The van der Waals surface area contributed by atoms with Gasteiger partial charge in [0.25, 0.3) is 0 Å². The standard InChI is InChI=1S/C17H22N2O5S/c1-11(2)16(17(20)23-10-14-9-13(4)18-24-14)19-25(21,22)15-7-5-12(3)6-8-15/h5-9,11,16,19H,10H2,1-4H3/t16-/m0/s1. The minimum atomic E-state index is -3.83. The van der Waals surface area contributed by atoms with Crippen LogP contribution in [-0.4, -0.2) is 25.6 Å². The molecule has 0 saturated heterocycles. The lowest BCUT2D eigenvalue weighted by Gasteiger charge is -2.20. The minimum Gasteiger partial charge on any atom is -0.456 e. The van der Waals surface area contributed by atoms with E-state index in [1.165, 1.54) is 12.1 Å². The van der Waals surface area contributed by atoms with Gasteiger partial charge in [-0.1, -0.05) is 36.7 Å². The fraction of sp³-hybridized carbons (Fsp3) is 0.412. The van der Waals surface area contributed by atoms with Crippen LogP contribution in [0.4, 0.5) is 0 Å². The fourth-order valence-corrected chi connectivity index (χ4v) is 3.46. The summed E-state index contributed by atoms with van der Waals surface area (Å²) in [5.41, 5.74) is 1.62. The van der Waals surface area contributed by atoms with Crippen molar-refractivity contribution in [3.8, 4) is 0 Å². The van der Waals surface area contributed by atoms with Crippen molar-refractivity contribution >= 4 is 16.0 Å². The molecule has 1 aromatic carbocycles. The highest BCUT2D eigenvalue weighted by molar-refractivity contribution is 7.89. The fourth-order valence-electron chi connectivity index (χ4n) is 2.13. The van der Waals surface area contributed by atoms with Gasteiger partial charge in [-0.3, -0.25) is 4.79 Å². The number of nitrogens with zero attached hydrogens (tertiary/aromatic N) is 1. The summed E-state index contributed by atoms with van der Waals surface area (Å²) in [7, 11) is -3.83. The van der Waals surface area contributed by atoms with Crippen LogP contribution in [0.5, 0.6) is 0 Å². The van der Waals surface area contributed by atoms with Gasteiger partial charge in [-0.05, 0) is 31.9 Å². The molecular formula is C17H22N2O5S. The zero-order chi connectivity index (χ0) is 18.6. The van der Waals surface area contributed by atoms with E-state index >= 15 is 0 Å². The van der Waals surface area contributed by atoms with Crippen molar-refractivity contribution in [2.24, 2.45) is 5.92 Å². The zero-order valence-electron chi connectivity index (χ0n) is 14.6. The predicted molar refractivity (Wildman–Crippen MR) is 91.2 cm³/mol. The molecule has 0 fully saturated rings. The third-order valence-electron chi connectivity index (χ3n) is 3.57. The first-order valence-corrected chi connectivity index (χ1v) is 9.35. The molecule has 0 aliphatic carbocycles. The van der Waals surface area contributed by atoms with Crippen LogP contribution in [0.3, 0.4) is 0 Å². The highest BCUT2D eigenvalue weighted by atomic mass is 32.2. The van der Waals surface area contributed by atoms with Gasteiger partial charge in [-0.2, -0.15) is 4.72 Å². The summed E-state index contributed by atoms with van der Waals surface area (Å²) >= 11 is 0. The number of aromatic nitrogens is 1. The number of esters is 1. The number of nitrogens with one attached hydrogen (secondary N) is 1. The third kappa shape index (κ3) is 5.14. The van der Waals surface area contributed by atoms with Crippen LogP contribution >= 0.6 is 0 Å². The van der Waals surface area contributed by atoms with Crippen LogP contribution in [0.25, 0.3) is 0 Å². The van der Waals surface area contributed by atoms with E-state index in [9.17, 15) is 13.2 Å². The number of aryl methyl sites for hydroxylation is 2. The van der Waals surface area contributed by atoms with Crippen molar-refractivity contribution in [1.29, 1.82) is 0 Å². The van der Waals surface area contributed by atoms with E-state index in [4.69, 9.17) is 9.26 Å². The maximum atomic E-state index is 12.5. The number of benzene rings is 1. The third-order valence-corrected chi connectivity index (χ3v) is 5.02. The Morgan fingerprint density at radius 1 is 1.24 bits per heavy atom. The highest BCUT2D eigenvalue weighted by Crippen LogP contribution is 2.14. The van der Waals surface area contributed by atoms with Gasteiger partial charge in [-0.15, -0.1) is 0 Å². The second-order valence-electron chi connectivity index (χ2n) is 6.20. The van der Waals surface area contributed by atoms with Crippen molar-refractivity contribution in [3.63, 3.8) is 0 Å². The van der Waals surface area contributed by atoms with E-state index in [2.05, 4.69) is 9.88 Å². The second kappa shape index (κ2) is 7.79. The van der Waals surface area contributed by atoms with Crippen LogP contribution in [-0.2, 0) is 26.2 Å². The van der Waals surface area contributed by atoms with E-state index in [-0.39, 0.29) is 17.4 Å².